The molecule has 1 amide bonds. The van der Waals surface area contributed by atoms with Crippen molar-refractivity contribution in [3.63, 3.8) is 0 Å². The molecule has 0 saturated heterocycles. The van der Waals surface area contributed by atoms with Gasteiger partial charge >= 0.3 is 0 Å². The maximum Gasteiger partial charge on any atom is 0.234 e. The number of thioether (sulfide) groups is 1. The molecule has 1 N–H and O–H groups in total. The van der Waals surface area contributed by atoms with E-state index in [1.165, 1.54) is 11.8 Å². The molecular weight excluding hydrogens is 431 g/mol. The van der Waals surface area contributed by atoms with Crippen molar-refractivity contribution >= 4 is 46.6 Å². The topological polar surface area (TPSA) is 69.0 Å². The van der Waals surface area contributed by atoms with Crippen LogP contribution in [0.2, 0.25) is 10.0 Å². The molecule has 0 bridgehead atoms. The standard InChI is InChI=1S/C20H20Cl2N4O2S/c1-4-26-19(14-7-6-13(21)10-15(14)22)24-25-20(26)29-11-18(27)23-16-9-12(2)5-8-17(16)28-3/h5-10H,4,11H2,1-3H3,(H,23,27). The lowest BCUT2D eigenvalue weighted by atomic mass is 10.2. The molecule has 3 rings (SSSR count). The van der Waals surface area contributed by atoms with Crippen LogP contribution in [-0.4, -0.2) is 33.5 Å². The summed E-state index contributed by atoms with van der Waals surface area (Å²) >= 11 is 13.6. The lowest BCUT2D eigenvalue weighted by Gasteiger charge is -2.11. The van der Waals surface area contributed by atoms with Gasteiger partial charge in [0, 0.05) is 17.1 Å². The molecule has 2 aromatic carbocycles. The lowest BCUT2D eigenvalue weighted by Crippen LogP contribution is -2.15. The molecule has 0 aliphatic rings. The van der Waals surface area contributed by atoms with E-state index in [1.54, 1.807) is 19.2 Å². The van der Waals surface area contributed by atoms with Crippen LogP contribution in [0.15, 0.2) is 41.6 Å². The summed E-state index contributed by atoms with van der Waals surface area (Å²) in [6.45, 7) is 4.58. The molecule has 0 aliphatic heterocycles. The van der Waals surface area contributed by atoms with Gasteiger partial charge in [0.2, 0.25) is 5.91 Å². The highest BCUT2D eigenvalue weighted by Gasteiger charge is 2.17. The minimum Gasteiger partial charge on any atom is -0.495 e. The van der Waals surface area contributed by atoms with Gasteiger partial charge in [-0.15, -0.1) is 10.2 Å². The van der Waals surface area contributed by atoms with E-state index >= 15 is 0 Å². The average molecular weight is 451 g/mol. The van der Waals surface area contributed by atoms with Crippen LogP contribution in [0.4, 0.5) is 5.69 Å². The molecule has 3 aromatic rings. The Morgan fingerprint density at radius 3 is 2.69 bits per heavy atom. The monoisotopic (exact) mass is 450 g/mol. The molecule has 6 nitrogen and oxygen atoms in total. The maximum absolute atomic E-state index is 12.5. The highest BCUT2D eigenvalue weighted by atomic mass is 35.5. The van der Waals surface area contributed by atoms with Crippen molar-refractivity contribution in [2.45, 2.75) is 25.5 Å². The number of aryl methyl sites for hydroxylation is 1. The second-order valence-corrected chi connectivity index (χ2v) is 8.00. The van der Waals surface area contributed by atoms with Gasteiger partial charge in [-0.1, -0.05) is 41.0 Å². The van der Waals surface area contributed by atoms with E-state index in [4.69, 9.17) is 27.9 Å². The second kappa shape index (κ2) is 9.52. The minimum atomic E-state index is -0.157. The number of aromatic nitrogens is 3. The van der Waals surface area contributed by atoms with Gasteiger partial charge in [0.25, 0.3) is 0 Å². The molecule has 29 heavy (non-hydrogen) atoms. The van der Waals surface area contributed by atoms with Gasteiger partial charge < -0.3 is 14.6 Å². The molecule has 0 radical (unpaired) electrons. The third kappa shape index (κ3) is 5.04. The summed E-state index contributed by atoms with van der Waals surface area (Å²) in [4.78, 5) is 12.5. The zero-order valence-corrected chi connectivity index (χ0v) is 18.5. The number of amides is 1. The first-order chi connectivity index (χ1) is 13.9. The van der Waals surface area contributed by atoms with Crippen LogP contribution in [0.3, 0.4) is 0 Å². The molecule has 0 saturated carbocycles. The van der Waals surface area contributed by atoms with Crippen LogP contribution in [0.5, 0.6) is 5.75 Å². The van der Waals surface area contributed by atoms with E-state index in [0.29, 0.717) is 39.0 Å². The van der Waals surface area contributed by atoms with E-state index < -0.39 is 0 Å². The Morgan fingerprint density at radius 2 is 2.00 bits per heavy atom. The first-order valence-corrected chi connectivity index (χ1v) is 10.6. The number of methoxy groups -OCH3 is 1. The van der Waals surface area contributed by atoms with Crippen molar-refractivity contribution in [2.24, 2.45) is 0 Å². The summed E-state index contributed by atoms with van der Waals surface area (Å²) in [6, 6.07) is 10.9. The van der Waals surface area contributed by atoms with Gasteiger partial charge in [0.05, 0.1) is 23.6 Å². The predicted octanol–water partition coefficient (Wildman–Crippen LogP) is 5.32. The Morgan fingerprint density at radius 1 is 1.21 bits per heavy atom. The molecule has 0 aliphatic carbocycles. The molecule has 0 fully saturated rings. The quantitative estimate of drug-likeness (QED) is 0.493. The lowest BCUT2D eigenvalue weighted by molar-refractivity contribution is -0.113. The largest absolute Gasteiger partial charge is 0.495 e. The molecule has 1 heterocycles. The number of benzene rings is 2. The van der Waals surface area contributed by atoms with Gasteiger partial charge in [0.15, 0.2) is 11.0 Å². The Kier molecular flexibility index (Phi) is 7.05. The van der Waals surface area contributed by atoms with Crippen LogP contribution in [-0.2, 0) is 11.3 Å². The van der Waals surface area contributed by atoms with Crippen molar-refractivity contribution in [3.8, 4) is 17.1 Å². The summed E-state index contributed by atoms with van der Waals surface area (Å²) < 4.78 is 7.22. The van der Waals surface area contributed by atoms with Gasteiger partial charge in [-0.05, 0) is 49.7 Å². The van der Waals surface area contributed by atoms with Crippen molar-refractivity contribution in [3.05, 3.63) is 52.0 Å². The molecule has 0 unspecified atom stereocenters. The number of carbonyl (C=O) groups is 1. The highest BCUT2D eigenvalue weighted by molar-refractivity contribution is 7.99. The number of anilines is 1. The Hall–Kier alpha value is -2.22. The van der Waals surface area contributed by atoms with Crippen LogP contribution in [0, 0.1) is 6.92 Å². The first kappa shape index (κ1) is 21.5. The summed E-state index contributed by atoms with van der Waals surface area (Å²) in [5.41, 5.74) is 2.42. The fraction of sp³-hybridized carbons (Fsp3) is 0.250. The SMILES string of the molecule is CCn1c(SCC(=O)Nc2cc(C)ccc2OC)nnc1-c1ccc(Cl)cc1Cl. The Bertz CT molecular complexity index is 1040. The van der Waals surface area contributed by atoms with E-state index in [0.717, 1.165) is 11.1 Å². The van der Waals surface area contributed by atoms with E-state index in [1.807, 2.05) is 42.7 Å². The van der Waals surface area contributed by atoms with Crippen molar-refractivity contribution in [2.75, 3.05) is 18.2 Å². The smallest absolute Gasteiger partial charge is 0.234 e. The zero-order valence-electron chi connectivity index (χ0n) is 16.2. The summed E-state index contributed by atoms with van der Waals surface area (Å²) in [5, 5.41) is 13.1. The molecule has 0 spiro atoms. The van der Waals surface area contributed by atoms with Gasteiger partial charge in [-0.3, -0.25) is 4.79 Å². The normalized spacial score (nSPS) is 10.8. The summed E-state index contributed by atoms with van der Waals surface area (Å²) in [7, 11) is 1.57. The number of ether oxygens (including phenoxy) is 1. The first-order valence-electron chi connectivity index (χ1n) is 8.88. The van der Waals surface area contributed by atoms with Crippen LogP contribution in [0.1, 0.15) is 12.5 Å². The van der Waals surface area contributed by atoms with Gasteiger partial charge in [0.1, 0.15) is 5.75 Å². The summed E-state index contributed by atoms with van der Waals surface area (Å²) in [6.07, 6.45) is 0. The molecule has 1 aromatic heterocycles. The fourth-order valence-electron chi connectivity index (χ4n) is 2.79. The number of carbonyl (C=O) groups excluding carboxylic acids is 1. The van der Waals surface area contributed by atoms with Crippen molar-refractivity contribution in [1.29, 1.82) is 0 Å². The molecular formula is C20H20Cl2N4O2S. The van der Waals surface area contributed by atoms with Gasteiger partial charge in [-0.25, -0.2) is 0 Å². The number of rotatable bonds is 7. The highest BCUT2D eigenvalue weighted by Crippen LogP contribution is 2.31. The average Bonchev–Trinajstić information content (AvgIpc) is 3.09. The summed E-state index contributed by atoms with van der Waals surface area (Å²) in [5.74, 6) is 1.28. The molecule has 0 atom stereocenters. The van der Waals surface area contributed by atoms with E-state index in [-0.39, 0.29) is 11.7 Å². The molecule has 9 heteroatoms. The Balaban J connectivity index is 1.74. The number of nitrogens with zero attached hydrogens (tertiary/aromatic N) is 3. The van der Waals surface area contributed by atoms with Crippen LogP contribution >= 0.6 is 35.0 Å². The van der Waals surface area contributed by atoms with Crippen LogP contribution in [0.25, 0.3) is 11.4 Å². The second-order valence-electron chi connectivity index (χ2n) is 6.22. The zero-order chi connectivity index (χ0) is 21.0. The minimum absolute atomic E-state index is 0.157. The van der Waals surface area contributed by atoms with E-state index in [2.05, 4.69) is 15.5 Å². The third-order valence-corrected chi connectivity index (χ3v) is 5.68. The number of nitrogens with one attached hydrogen (secondary N) is 1. The number of hydrogen-bond acceptors (Lipinski definition) is 5. The van der Waals surface area contributed by atoms with Crippen molar-refractivity contribution < 1.29 is 9.53 Å². The Labute approximate surface area is 183 Å². The van der Waals surface area contributed by atoms with Gasteiger partial charge in [-0.2, -0.15) is 0 Å². The molecule has 152 valence electrons. The van der Waals surface area contributed by atoms with Crippen molar-refractivity contribution in [1.82, 2.24) is 14.8 Å². The number of hydrogen-bond donors (Lipinski definition) is 1. The predicted molar refractivity (Wildman–Crippen MR) is 118 cm³/mol. The van der Waals surface area contributed by atoms with E-state index in [9.17, 15) is 4.79 Å². The fourth-order valence-corrected chi connectivity index (χ4v) is 4.08. The number of halogens is 2. The van der Waals surface area contributed by atoms with Crippen LogP contribution < -0.4 is 10.1 Å². The third-order valence-electron chi connectivity index (χ3n) is 4.17. The maximum atomic E-state index is 12.5.